The van der Waals surface area contributed by atoms with E-state index in [1.807, 2.05) is 13.0 Å². The maximum atomic E-state index is 13.1. The summed E-state index contributed by atoms with van der Waals surface area (Å²) < 4.78 is 0. The van der Waals surface area contributed by atoms with Crippen LogP contribution in [0.2, 0.25) is 0 Å². The van der Waals surface area contributed by atoms with Crippen LogP contribution in [0, 0.1) is 39.9 Å². The Balaban J connectivity index is 1.77. The number of aliphatic hydroxyl groups excluding tert-OH is 1. The van der Waals surface area contributed by atoms with Gasteiger partial charge in [0.15, 0.2) is 5.78 Å². The highest BCUT2D eigenvalue weighted by molar-refractivity contribution is 5.91. The van der Waals surface area contributed by atoms with Crippen LogP contribution >= 0.6 is 0 Å². The van der Waals surface area contributed by atoms with E-state index >= 15 is 0 Å². The number of hydrogen-bond donors (Lipinski definition) is 1. The molecule has 0 aromatic heterocycles. The van der Waals surface area contributed by atoms with Crippen LogP contribution in [0.1, 0.15) is 79.6 Å². The van der Waals surface area contributed by atoms with E-state index in [4.69, 9.17) is 0 Å². The van der Waals surface area contributed by atoms with Crippen molar-refractivity contribution in [3.05, 3.63) is 11.6 Å². The standard InChI is InChI=1S/C24H36O3/c1-6-20(27)24(5)14(2)11-18-17-8-7-15-12-16(25)9-10-22(15,3)21(17)19(26)13-23(18,24)4/h12,14,17-19,21,26H,6-11,13H2,1-5H3/t14-,17+,18+,19+,21-,22+,23+,24-/m1/s1. The van der Waals surface area contributed by atoms with Crippen LogP contribution in [-0.4, -0.2) is 22.8 Å². The molecule has 0 amide bonds. The number of carbonyl (C=O) groups excluding carboxylic acids is 2. The van der Waals surface area contributed by atoms with Crippen molar-refractivity contribution < 1.29 is 14.7 Å². The summed E-state index contributed by atoms with van der Waals surface area (Å²) >= 11 is 0. The van der Waals surface area contributed by atoms with E-state index in [0.717, 1.165) is 32.1 Å². The maximum absolute atomic E-state index is 13.1. The predicted molar refractivity (Wildman–Crippen MR) is 106 cm³/mol. The fourth-order valence-corrected chi connectivity index (χ4v) is 8.21. The first kappa shape index (κ1) is 19.4. The van der Waals surface area contributed by atoms with E-state index in [1.54, 1.807) is 0 Å². The van der Waals surface area contributed by atoms with E-state index in [0.29, 0.717) is 36.4 Å². The van der Waals surface area contributed by atoms with Gasteiger partial charge in [-0.15, -0.1) is 0 Å². The summed E-state index contributed by atoms with van der Waals surface area (Å²) in [4.78, 5) is 25.1. The summed E-state index contributed by atoms with van der Waals surface area (Å²) in [6, 6.07) is 0. The third-order valence-electron chi connectivity index (χ3n) is 9.97. The number of rotatable bonds is 2. The lowest BCUT2D eigenvalue weighted by atomic mass is 9.44. The van der Waals surface area contributed by atoms with Crippen LogP contribution in [0.3, 0.4) is 0 Å². The Morgan fingerprint density at radius 3 is 2.63 bits per heavy atom. The number of Topliss-reactive ketones (excluding diaryl/α,β-unsaturated/α-hetero) is 1. The van der Waals surface area contributed by atoms with Crippen molar-refractivity contribution in [1.82, 2.24) is 0 Å². The molecule has 0 bridgehead atoms. The second-order valence-corrected chi connectivity index (χ2v) is 10.7. The zero-order chi connectivity index (χ0) is 19.8. The summed E-state index contributed by atoms with van der Waals surface area (Å²) in [5.74, 6) is 2.18. The SMILES string of the molecule is CCC(=O)[C@@]1(C)[C@H](C)C[C@H]2[C@@H]3CCC4=CC(=O)CC[C@]4(C)[C@H]3[C@@H](O)C[C@@]21C. The third kappa shape index (κ3) is 2.30. The van der Waals surface area contributed by atoms with E-state index in [-0.39, 0.29) is 34.1 Å². The molecule has 1 N–H and O–H groups in total. The Hall–Kier alpha value is -0.960. The number of carbonyl (C=O) groups is 2. The smallest absolute Gasteiger partial charge is 0.155 e. The minimum absolute atomic E-state index is 0.0471. The first-order chi connectivity index (χ1) is 12.6. The van der Waals surface area contributed by atoms with E-state index in [1.165, 1.54) is 5.57 Å². The normalized spacial score (nSPS) is 51.9. The van der Waals surface area contributed by atoms with E-state index in [2.05, 4.69) is 27.7 Å². The fraction of sp³-hybridized carbons (Fsp3) is 0.833. The van der Waals surface area contributed by atoms with Crippen LogP contribution in [0.4, 0.5) is 0 Å². The molecule has 0 aliphatic heterocycles. The molecule has 0 saturated heterocycles. The summed E-state index contributed by atoms with van der Waals surface area (Å²) in [5, 5.41) is 11.4. The number of hydrogen-bond acceptors (Lipinski definition) is 3. The Morgan fingerprint density at radius 2 is 1.96 bits per heavy atom. The van der Waals surface area contributed by atoms with Gasteiger partial charge in [-0.3, -0.25) is 9.59 Å². The van der Waals surface area contributed by atoms with Gasteiger partial charge in [0.05, 0.1) is 6.10 Å². The van der Waals surface area contributed by atoms with Gasteiger partial charge in [-0.25, -0.2) is 0 Å². The zero-order valence-electron chi connectivity index (χ0n) is 17.7. The topological polar surface area (TPSA) is 54.4 Å². The Morgan fingerprint density at radius 1 is 1.26 bits per heavy atom. The molecule has 0 aromatic carbocycles. The first-order valence-electron chi connectivity index (χ1n) is 11.0. The predicted octanol–water partition coefficient (Wildman–Crippen LogP) is 4.72. The quantitative estimate of drug-likeness (QED) is 0.763. The van der Waals surface area contributed by atoms with Crippen molar-refractivity contribution in [3.63, 3.8) is 0 Å². The van der Waals surface area contributed by atoms with Crippen LogP contribution in [0.15, 0.2) is 11.6 Å². The first-order valence-corrected chi connectivity index (χ1v) is 11.0. The molecule has 150 valence electrons. The molecule has 27 heavy (non-hydrogen) atoms. The lowest BCUT2D eigenvalue weighted by Gasteiger charge is -2.61. The molecule has 8 atom stereocenters. The van der Waals surface area contributed by atoms with E-state index in [9.17, 15) is 14.7 Å². The monoisotopic (exact) mass is 372 g/mol. The molecule has 3 saturated carbocycles. The van der Waals surface area contributed by atoms with Crippen LogP contribution in [-0.2, 0) is 9.59 Å². The van der Waals surface area contributed by atoms with Gasteiger partial charge in [0.1, 0.15) is 5.78 Å². The molecular weight excluding hydrogens is 336 g/mol. The van der Waals surface area contributed by atoms with Crippen LogP contribution in [0.25, 0.3) is 0 Å². The van der Waals surface area contributed by atoms with Gasteiger partial charge in [-0.05, 0) is 72.7 Å². The minimum Gasteiger partial charge on any atom is -0.393 e. The average molecular weight is 373 g/mol. The van der Waals surface area contributed by atoms with Gasteiger partial charge in [-0.2, -0.15) is 0 Å². The van der Waals surface area contributed by atoms with Crippen molar-refractivity contribution in [2.24, 2.45) is 39.9 Å². The van der Waals surface area contributed by atoms with Gasteiger partial charge in [0.25, 0.3) is 0 Å². The van der Waals surface area contributed by atoms with Crippen molar-refractivity contribution in [3.8, 4) is 0 Å². The molecule has 0 aromatic rings. The van der Waals surface area contributed by atoms with Gasteiger partial charge in [0.2, 0.25) is 0 Å². The Kier molecular flexibility index (Phi) is 4.31. The van der Waals surface area contributed by atoms with Gasteiger partial charge >= 0.3 is 0 Å². The molecule has 3 heteroatoms. The van der Waals surface area contributed by atoms with E-state index < -0.39 is 0 Å². The van der Waals surface area contributed by atoms with Crippen molar-refractivity contribution in [2.45, 2.75) is 85.7 Å². The minimum atomic E-state index is -0.382. The lowest BCUT2D eigenvalue weighted by Crippen LogP contribution is -2.59. The highest BCUT2D eigenvalue weighted by atomic mass is 16.3. The number of fused-ring (bicyclic) bond motifs is 5. The summed E-state index contributed by atoms with van der Waals surface area (Å²) in [5.41, 5.74) is 0.773. The maximum Gasteiger partial charge on any atom is 0.155 e. The number of ketones is 2. The number of aliphatic hydroxyl groups is 1. The number of allylic oxidation sites excluding steroid dienone is 1. The molecule has 0 unspecified atom stereocenters. The highest BCUT2D eigenvalue weighted by Gasteiger charge is 2.68. The Bertz CT molecular complexity index is 708. The molecule has 3 nitrogen and oxygen atoms in total. The van der Waals surface area contributed by atoms with Crippen LogP contribution < -0.4 is 0 Å². The molecule has 3 fully saturated rings. The third-order valence-corrected chi connectivity index (χ3v) is 9.97. The van der Waals surface area contributed by atoms with Gasteiger partial charge in [0, 0.05) is 18.3 Å². The second kappa shape index (κ2) is 6.02. The van der Waals surface area contributed by atoms with Gasteiger partial charge < -0.3 is 5.11 Å². The van der Waals surface area contributed by atoms with Gasteiger partial charge in [-0.1, -0.05) is 40.2 Å². The summed E-state index contributed by atoms with van der Waals surface area (Å²) in [6.45, 7) is 11.0. The van der Waals surface area contributed by atoms with Crippen molar-refractivity contribution in [2.75, 3.05) is 0 Å². The van der Waals surface area contributed by atoms with Crippen molar-refractivity contribution in [1.29, 1.82) is 0 Å². The second-order valence-electron chi connectivity index (χ2n) is 10.7. The molecule has 0 heterocycles. The average Bonchev–Trinajstić information content (AvgIpc) is 2.82. The van der Waals surface area contributed by atoms with Crippen molar-refractivity contribution >= 4 is 11.6 Å². The molecule has 4 aliphatic rings. The summed E-state index contributed by atoms with van der Waals surface area (Å²) in [7, 11) is 0. The Labute approximate surface area is 164 Å². The molecule has 0 spiro atoms. The molecule has 0 radical (unpaired) electrons. The zero-order valence-corrected chi connectivity index (χ0v) is 17.7. The fourth-order valence-electron chi connectivity index (χ4n) is 8.21. The lowest BCUT2D eigenvalue weighted by molar-refractivity contribution is -0.160. The highest BCUT2D eigenvalue weighted by Crippen LogP contribution is 2.71. The molecular formula is C24H36O3. The molecule has 4 rings (SSSR count). The van der Waals surface area contributed by atoms with Crippen LogP contribution in [0.5, 0.6) is 0 Å². The summed E-state index contributed by atoms with van der Waals surface area (Å²) in [6.07, 6.45) is 7.44. The molecule has 4 aliphatic carbocycles. The largest absolute Gasteiger partial charge is 0.393 e.